The number of allylic oxidation sites excluding steroid dienone is 1. The topological polar surface area (TPSA) is 147 Å². The molecular formula is C25H27N3O8S. The smallest absolute Gasteiger partial charge is 0.325 e. The number of likely N-dealkylation sites (N-methyl/N-ethyl adjacent to an activating group) is 1. The summed E-state index contributed by atoms with van der Waals surface area (Å²) in [5.74, 6) is -1.52. The zero-order valence-electron chi connectivity index (χ0n) is 20.5. The second-order valence-electron chi connectivity index (χ2n) is 9.51. The van der Waals surface area contributed by atoms with E-state index in [-0.39, 0.29) is 6.42 Å². The van der Waals surface area contributed by atoms with E-state index in [4.69, 9.17) is 4.74 Å². The Balaban J connectivity index is 1.50. The molecular weight excluding hydrogens is 502 g/mol. The molecule has 0 saturated carbocycles. The zero-order valence-corrected chi connectivity index (χ0v) is 21.3. The number of β-amino-alcohol motifs (C(OH)–C–C–N with tert-alkyl or cyclic N) is 1. The lowest BCUT2D eigenvalue weighted by Crippen LogP contribution is -2.42. The van der Waals surface area contributed by atoms with Gasteiger partial charge in [0.25, 0.3) is 15.7 Å². The van der Waals surface area contributed by atoms with Crippen LogP contribution in [0, 0.1) is 10.1 Å². The minimum Gasteiger partial charge on any atom is -0.456 e. The molecule has 0 spiro atoms. The molecule has 0 amide bonds. The van der Waals surface area contributed by atoms with Crippen LogP contribution in [0.5, 0.6) is 0 Å². The summed E-state index contributed by atoms with van der Waals surface area (Å²) in [6, 6.07) is 11.1. The number of hydrogen-bond acceptors (Lipinski definition) is 9. The van der Waals surface area contributed by atoms with Gasteiger partial charge in [0, 0.05) is 49.0 Å². The van der Waals surface area contributed by atoms with E-state index in [2.05, 4.69) is 0 Å². The molecule has 37 heavy (non-hydrogen) atoms. The summed E-state index contributed by atoms with van der Waals surface area (Å²) in [4.78, 5) is 37.4. The number of ether oxygens (including phenoxy) is 1. The fourth-order valence-electron chi connectivity index (χ4n) is 4.91. The fourth-order valence-corrected chi connectivity index (χ4v) is 6.69. The molecule has 0 aromatic heterocycles. The average Bonchev–Trinajstić information content (AvgIpc) is 3.35. The number of nitrogens with zero attached hydrogens (tertiary/aromatic N) is 3. The van der Waals surface area contributed by atoms with Crippen molar-refractivity contribution in [3.63, 3.8) is 0 Å². The van der Waals surface area contributed by atoms with Crippen molar-refractivity contribution in [3.05, 3.63) is 76.0 Å². The molecule has 0 radical (unpaired) electrons. The predicted molar refractivity (Wildman–Crippen MR) is 133 cm³/mol. The third-order valence-electron chi connectivity index (χ3n) is 6.75. The van der Waals surface area contributed by atoms with Gasteiger partial charge < -0.3 is 14.7 Å². The Hall–Kier alpha value is -3.61. The molecule has 0 bridgehead atoms. The number of anilines is 1. The second kappa shape index (κ2) is 9.69. The molecule has 0 aliphatic carbocycles. The van der Waals surface area contributed by atoms with Gasteiger partial charge in [-0.1, -0.05) is 44.2 Å². The molecule has 11 nitrogen and oxygen atoms in total. The number of carbonyl (C=O) groups is 2. The number of aliphatic hydroxyl groups is 1. The first-order valence-corrected chi connectivity index (χ1v) is 13.0. The van der Waals surface area contributed by atoms with Crippen LogP contribution >= 0.6 is 0 Å². The van der Waals surface area contributed by atoms with E-state index in [9.17, 15) is 33.2 Å². The van der Waals surface area contributed by atoms with Crippen LogP contribution in [0.2, 0.25) is 0 Å². The van der Waals surface area contributed by atoms with Crippen LogP contribution in [0.1, 0.15) is 25.8 Å². The molecule has 1 unspecified atom stereocenters. The number of rotatable bonds is 7. The minimum atomic E-state index is -4.52. The number of benzene rings is 2. The number of nitro groups is 1. The minimum absolute atomic E-state index is 0.265. The van der Waals surface area contributed by atoms with Gasteiger partial charge >= 0.3 is 5.97 Å². The Morgan fingerprint density at radius 3 is 2.51 bits per heavy atom. The van der Waals surface area contributed by atoms with Crippen molar-refractivity contribution in [2.45, 2.75) is 42.7 Å². The summed E-state index contributed by atoms with van der Waals surface area (Å²) >= 11 is 0. The predicted octanol–water partition coefficient (Wildman–Crippen LogP) is 2.14. The molecule has 1 N–H and O–H groups in total. The van der Waals surface area contributed by atoms with Crippen molar-refractivity contribution in [1.82, 2.24) is 4.31 Å². The first kappa shape index (κ1) is 26.5. The molecule has 4 rings (SSSR count). The van der Waals surface area contributed by atoms with Crippen LogP contribution in [0.3, 0.4) is 0 Å². The highest BCUT2D eigenvalue weighted by molar-refractivity contribution is 7.89. The number of fused-ring (bicyclic) bond motifs is 1. The third kappa shape index (κ3) is 4.75. The number of carbonyl (C=O) groups excluding carboxylic acids is 2. The van der Waals surface area contributed by atoms with Gasteiger partial charge in [-0.2, -0.15) is 4.31 Å². The molecule has 2 heterocycles. The highest BCUT2D eigenvalue weighted by Gasteiger charge is 2.46. The summed E-state index contributed by atoms with van der Waals surface area (Å²) in [6.07, 6.45) is -0.0446. The van der Waals surface area contributed by atoms with E-state index in [1.165, 1.54) is 18.2 Å². The van der Waals surface area contributed by atoms with Gasteiger partial charge in [-0.15, -0.1) is 0 Å². The van der Waals surface area contributed by atoms with Crippen LogP contribution in [0.15, 0.2) is 65.2 Å². The van der Waals surface area contributed by atoms with Crippen molar-refractivity contribution in [2.75, 3.05) is 25.1 Å². The third-order valence-corrected chi connectivity index (χ3v) is 8.67. The highest BCUT2D eigenvalue weighted by atomic mass is 32.2. The molecule has 2 aliphatic heterocycles. The molecule has 2 aromatic carbocycles. The molecule has 1 saturated heterocycles. The summed E-state index contributed by atoms with van der Waals surface area (Å²) in [5, 5.41) is 21.5. The van der Waals surface area contributed by atoms with Gasteiger partial charge in [0.15, 0.2) is 17.3 Å². The van der Waals surface area contributed by atoms with Crippen LogP contribution in [-0.4, -0.2) is 66.9 Å². The maximum atomic E-state index is 13.2. The van der Waals surface area contributed by atoms with Crippen molar-refractivity contribution < 1.29 is 32.8 Å². The van der Waals surface area contributed by atoms with Crippen molar-refractivity contribution in [1.29, 1.82) is 0 Å². The summed E-state index contributed by atoms with van der Waals surface area (Å²) in [7, 11) is -2.69. The number of sulfonamides is 1. The monoisotopic (exact) mass is 529 g/mol. The van der Waals surface area contributed by atoms with Crippen molar-refractivity contribution >= 4 is 33.2 Å². The van der Waals surface area contributed by atoms with Gasteiger partial charge in [0.2, 0.25) is 0 Å². The molecule has 12 heteroatoms. The van der Waals surface area contributed by atoms with Crippen LogP contribution in [0.4, 0.5) is 11.4 Å². The first-order valence-electron chi connectivity index (χ1n) is 11.5. The second-order valence-corrected chi connectivity index (χ2v) is 11.4. The molecule has 2 atom stereocenters. The molecule has 196 valence electrons. The summed E-state index contributed by atoms with van der Waals surface area (Å²) in [6.45, 7) is 2.88. The Kier molecular flexibility index (Phi) is 6.93. The normalized spacial score (nSPS) is 22.2. The fraction of sp³-hybridized carbons (Fsp3) is 0.360. The van der Waals surface area contributed by atoms with Gasteiger partial charge in [-0.25, -0.2) is 8.42 Å². The van der Waals surface area contributed by atoms with Gasteiger partial charge in [0.05, 0.1) is 11.0 Å². The first-order chi connectivity index (χ1) is 17.4. The lowest BCUT2D eigenvalue weighted by Gasteiger charge is -2.24. The number of ketones is 1. The zero-order chi connectivity index (χ0) is 27.1. The van der Waals surface area contributed by atoms with E-state index in [0.29, 0.717) is 10.0 Å². The average molecular weight is 530 g/mol. The quantitative estimate of drug-likeness (QED) is 0.246. The van der Waals surface area contributed by atoms with Crippen molar-refractivity contribution in [3.8, 4) is 0 Å². The Morgan fingerprint density at radius 1 is 1.19 bits per heavy atom. The maximum absolute atomic E-state index is 13.2. The Morgan fingerprint density at radius 2 is 1.84 bits per heavy atom. The number of hydrogen-bond donors (Lipinski definition) is 1. The van der Waals surface area contributed by atoms with E-state index >= 15 is 0 Å². The van der Waals surface area contributed by atoms with Gasteiger partial charge in [-0.3, -0.25) is 19.7 Å². The van der Waals surface area contributed by atoms with Crippen LogP contribution in [-0.2, 0) is 29.8 Å². The van der Waals surface area contributed by atoms with Crippen LogP contribution in [0.25, 0.3) is 0 Å². The largest absolute Gasteiger partial charge is 0.456 e. The van der Waals surface area contributed by atoms with Crippen molar-refractivity contribution in [2.24, 2.45) is 0 Å². The maximum Gasteiger partial charge on any atom is 0.325 e. The Labute approximate surface area is 214 Å². The molecule has 1 fully saturated rings. The summed E-state index contributed by atoms with van der Waals surface area (Å²) in [5.41, 5.74) is 1.60. The van der Waals surface area contributed by atoms with E-state index in [1.54, 1.807) is 0 Å². The Bertz CT molecular complexity index is 1400. The lowest BCUT2D eigenvalue weighted by atomic mass is 9.83. The summed E-state index contributed by atoms with van der Waals surface area (Å²) < 4.78 is 32.3. The van der Waals surface area contributed by atoms with E-state index in [0.717, 1.165) is 23.4 Å². The number of aliphatic hydroxyl groups excluding tert-OH is 1. The molecule has 2 aromatic rings. The lowest BCUT2D eigenvalue weighted by molar-refractivity contribution is -0.387. The standard InChI is InChI=1S/C25H27N3O8S/c1-25(2)18-8-4-5-9-19(18)26(3)23(25)13-17(30)15-36-24(31)21-12-16(29)14-27(21)37(34,35)22-11-7-6-10-20(22)28(32)33/h4-11,13,16,21,29H,12,14-15H2,1-3H3/b23-13+/t16?,21-/m0/s1. The van der Waals surface area contributed by atoms with E-state index < -0.39 is 68.0 Å². The van der Waals surface area contributed by atoms with Crippen LogP contribution < -0.4 is 4.90 Å². The molecule has 2 aliphatic rings. The SMILES string of the molecule is CN1/C(=C/C(=O)COC(=O)[C@@H]2CC(O)CN2S(=O)(=O)c2ccccc2[N+](=O)[O-])C(C)(C)c2ccccc21. The van der Waals surface area contributed by atoms with Gasteiger partial charge in [0.1, 0.15) is 6.04 Å². The number of para-hydroxylation sites is 2. The highest BCUT2D eigenvalue weighted by Crippen LogP contribution is 2.46. The van der Waals surface area contributed by atoms with Gasteiger partial charge in [-0.05, 0) is 17.7 Å². The number of nitro benzene ring substituents is 1. The number of esters is 1. The van der Waals surface area contributed by atoms with E-state index in [1.807, 2.05) is 50.1 Å².